The number of ether oxygens (including phenoxy) is 1. The maximum atomic E-state index is 13.2. The minimum Gasteiger partial charge on any atom is -0.488 e. The minimum atomic E-state index is -0.00495. The number of para-hydroxylation sites is 1. The quantitative estimate of drug-likeness (QED) is 0.599. The highest BCUT2D eigenvalue weighted by Crippen LogP contribution is 2.26. The summed E-state index contributed by atoms with van der Waals surface area (Å²) in [4.78, 5) is 19.1. The van der Waals surface area contributed by atoms with E-state index in [0.29, 0.717) is 24.5 Å². The van der Waals surface area contributed by atoms with Crippen molar-refractivity contribution in [2.45, 2.75) is 25.5 Å². The number of aromatic nitrogens is 3. The van der Waals surface area contributed by atoms with Gasteiger partial charge in [0.15, 0.2) is 0 Å². The molecule has 1 aliphatic rings. The van der Waals surface area contributed by atoms with E-state index in [0.717, 1.165) is 29.4 Å². The van der Waals surface area contributed by atoms with Gasteiger partial charge in [0.25, 0.3) is 5.91 Å². The summed E-state index contributed by atoms with van der Waals surface area (Å²) < 4.78 is 8.84. The number of likely N-dealkylation sites (tertiary alicyclic amines) is 1. The molecule has 3 aromatic rings. The lowest BCUT2D eigenvalue weighted by molar-refractivity contribution is 0.0668. The Labute approximate surface area is 172 Å². The predicted octanol–water partition coefficient (Wildman–Crippen LogP) is 4.10. The smallest absolute Gasteiger partial charge is 0.257 e. The molecule has 1 unspecified atom stereocenters. The standard InChI is InChI=1S/C21H21BrN4O2/c22-17-6-3-5-16(11-17)13-28-20-9-2-1-8-19(20)21(27)25-10-4-7-18(12-25)26-15-23-14-24-26/h1-3,5-6,8-9,11,14-15,18H,4,7,10,12-13H2. The molecule has 1 atom stereocenters. The fourth-order valence-corrected chi connectivity index (χ4v) is 3.94. The molecule has 7 heteroatoms. The fourth-order valence-electron chi connectivity index (χ4n) is 3.49. The molecule has 1 fully saturated rings. The van der Waals surface area contributed by atoms with Crippen LogP contribution in [0.25, 0.3) is 0 Å². The van der Waals surface area contributed by atoms with Crippen LogP contribution in [0.3, 0.4) is 0 Å². The van der Waals surface area contributed by atoms with Gasteiger partial charge in [-0.25, -0.2) is 9.67 Å². The Kier molecular flexibility index (Phi) is 5.71. The summed E-state index contributed by atoms with van der Waals surface area (Å²) in [5.74, 6) is 0.602. The Balaban J connectivity index is 1.48. The third kappa shape index (κ3) is 4.25. The summed E-state index contributed by atoms with van der Waals surface area (Å²) in [6.07, 6.45) is 5.19. The molecule has 1 saturated heterocycles. The molecule has 0 radical (unpaired) electrons. The topological polar surface area (TPSA) is 60.2 Å². The normalized spacial score (nSPS) is 16.8. The van der Waals surface area contributed by atoms with E-state index in [1.807, 2.05) is 58.1 Å². The van der Waals surface area contributed by atoms with Crippen LogP contribution >= 0.6 is 15.9 Å². The molecule has 144 valence electrons. The molecule has 4 rings (SSSR count). The van der Waals surface area contributed by atoms with E-state index in [4.69, 9.17) is 4.74 Å². The summed E-state index contributed by atoms with van der Waals surface area (Å²) in [5.41, 5.74) is 1.64. The first-order chi connectivity index (χ1) is 13.7. The lowest BCUT2D eigenvalue weighted by Gasteiger charge is -2.33. The number of carbonyl (C=O) groups is 1. The van der Waals surface area contributed by atoms with Crippen molar-refractivity contribution in [3.8, 4) is 5.75 Å². The van der Waals surface area contributed by atoms with Crippen molar-refractivity contribution >= 4 is 21.8 Å². The van der Waals surface area contributed by atoms with Crippen molar-refractivity contribution < 1.29 is 9.53 Å². The zero-order valence-electron chi connectivity index (χ0n) is 15.4. The first kappa shape index (κ1) is 18.7. The van der Waals surface area contributed by atoms with Gasteiger partial charge in [-0.1, -0.05) is 40.2 Å². The fraction of sp³-hybridized carbons (Fsp3) is 0.286. The maximum absolute atomic E-state index is 13.2. The Hall–Kier alpha value is -2.67. The van der Waals surface area contributed by atoms with Crippen LogP contribution in [-0.2, 0) is 6.61 Å². The van der Waals surface area contributed by atoms with Crippen LogP contribution in [0.15, 0.2) is 65.7 Å². The molecular formula is C21H21BrN4O2. The van der Waals surface area contributed by atoms with Crippen LogP contribution < -0.4 is 4.74 Å². The molecule has 0 aliphatic carbocycles. The van der Waals surface area contributed by atoms with Gasteiger partial charge in [0.2, 0.25) is 0 Å². The van der Waals surface area contributed by atoms with Crippen LogP contribution in [0.4, 0.5) is 0 Å². The number of hydrogen-bond donors (Lipinski definition) is 0. The Morgan fingerprint density at radius 3 is 2.93 bits per heavy atom. The van der Waals surface area contributed by atoms with Crippen molar-refractivity contribution in [1.29, 1.82) is 0 Å². The van der Waals surface area contributed by atoms with Crippen molar-refractivity contribution in [1.82, 2.24) is 19.7 Å². The SMILES string of the molecule is O=C(c1ccccc1OCc1cccc(Br)c1)N1CCCC(n2cncn2)C1. The van der Waals surface area contributed by atoms with Gasteiger partial charge in [0.05, 0.1) is 11.6 Å². The third-order valence-corrected chi connectivity index (χ3v) is 5.39. The van der Waals surface area contributed by atoms with E-state index >= 15 is 0 Å². The average molecular weight is 441 g/mol. The van der Waals surface area contributed by atoms with E-state index in [2.05, 4.69) is 26.0 Å². The zero-order valence-corrected chi connectivity index (χ0v) is 17.0. The molecule has 1 aliphatic heterocycles. The Morgan fingerprint density at radius 1 is 1.21 bits per heavy atom. The molecular weight excluding hydrogens is 420 g/mol. The number of hydrogen-bond acceptors (Lipinski definition) is 4. The van der Waals surface area contributed by atoms with Gasteiger partial charge in [-0.15, -0.1) is 0 Å². The van der Waals surface area contributed by atoms with Crippen molar-refractivity contribution in [3.05, 3.63) is 76.8 Å². The van der Waals surface area contributed by atoms with E-state index in [1.165, 1.54) is 6.33 Å². The highest BCUT2D eigenvalue weighted by Gasteiger charge is 2.27. The first-order valence-corrected chi connectivity index (χ1v) is 10.1. The van der Waals surface area contributed by atoms with E-state index in [9.17, 15) is 4.79 Å². The first-order valence-electron chi connectivity index (χ1n) is 9.30. The zero-order chi connectivity index (χ0) is 19.3. The van der Waals surface area contributed by atoms with Crippen molar-refractivity contribution in [2.24, 2.45) is 0 Å². The second-order valence-electron chi connectivity index (χ2n) is 6.84. The van der Waals surface area contributed by atoms with Gasteiger partial charge in [0, 0.05) is 17.6 Å². The lowest BCUT2D eigenvalue weighted by Crippen LogP contribution is -2.41. The average Bonchev–Trinajstić information content (AvgIpc) is 3.27. The second kappa shape index (κ2) is 8.56. The van der Waals surface area contributed by atoms with Gasteiger partial charge < -0.3 is 9.64 Å². The summed E-state index contributed by atoms with van der Waals surface area (Å²) >= 11 is 3.47. The molecule has 0 spiro atoms. The summed E-state index contributed by atoms with van der Waals surface area (Å²) in [5, 5.41) is 4.23. The van der Waals surface area contributed by atoms with Gasteiger partial charge >= 0.3 is 0 Å². The van der Waals surface area contributed by atoms with Gasteiger partial charge in [0.1, 0.15) is 25.0 Å². The number of rotatable bonds is 5. The number of nitrogens with zero attached hydrogens (tertiary/aromatic N) is 4. The Morgan fingerprint density at radius 2 is 2.11 bits per heavy atom. The van der Waals surface area contributed by atoms with Crippen molar-refractivity contribution in [2.75, 3.05) is 13.1 Å². The molecule has 1 aromatic heterocycles. The van der Waals surface area contributed by atoms with E-state index in [1.54, 1.807) is 6.33 Å². The molecule has 6 nitrogen and oxygen atoms in total. The number of amides is 1. The van der Waals surface area contributed by atoms with Crippen LogP contribution in [-0.4, -0.2) is 38.7 Å². The number of carbonyl (C=O) groups excluding carboxylic acids is 1. The van der Waals surface area contributed by atoms with Crippen molar-refractivity contribution in [3.63, 3.8) is 0 Å². The summed E-state index contributed by atoms with van der Waals surface area (Å²) in [6, 6.07) is 15.6. The summed E-state index contributed by atoms with van der Waals surface area (Å²) in [6.45, 7) is 1.78. The number of piperidine rings is 1. The maximum Gasteiger partial charge on any atom is 0.257 e. The molecule has 28 heavy (non-hydrogen) atoms. The third-order valence-electron chi connectivity index (χ3n) is 4.90. The van der Waals surface area contributed by atoms with Crippen LogP contribution in [0.5, 0.6) is 5.75 Å². The monoisotopic (exact) mass is 440 g/mol. The van der Waals surface area contributed by atoms with Crippen LogP contribution in [0.2, 0.25) is 0 Å². The molecule has 2 aromatic carbocycles. The van der Waals surface area contributed by atoms with Gasteiger partial charge in [-0.3, -0.25) is 4.79 Å². The highest BCUT2D eigenvalue weighted by atomic mass is 79.9. The molecule has 0 saturated carbocycles. The molecule has 1 amide bonds. The van der Waals surface area contributed by atoms with Gasteiger partial charge in [-0.05, 0) is 42.7 Å². The molecule has 2 heterocycles. The minimum absolute atomic E-state index is 0.00495. The van der Waals surface area contributed by atoms with Crippen LogP contribution in [0.1, 0.15) is 34.8 Å². The van der Waals surface area contributed by atoms with Gasteiger partial charge in [-0.2, -0.15) is 5.10 Å². The number of benzene rings is 2. The molecule has 0 N–H and O–H groups in total. The molecule has 0 bridgehead atoms. The second-order valence-corrected chi connectivity index (χ2v) is 7.75. The highest BCUT2D eigenvalue weighted by molar-refractivity contribution is 9.10. The predicted molar refractivity (Wildman–Crippen MR) is 109 cm³/mol. The van der Waals surface area contributed by atoms with E-state index in [-0.39, 0.29) is 11.9 Å². The van der Waals surface area contributed by atoms with E-state index < -0.39 is 0 Å². The summed E-state index contributed by atoms with van der Waals surface area (Å²) in [7, 11) is 0. The largest absolute Gasteiger partial charge is 0.488 e. The van der Waals surface area contributed by atoms with Crippen LogP contribution in [0, 0.1) is 0 Å². The lowest BCUT2D eigenvalue weighted by atomic mass is 10.0. The number of halogens is 1. The Bertz CT molecular complexity index is 945.